The Morgan fingerprint density at radius 3 is 2.69 bits per heavy atom. The molecule has 2 N–H and O–H groups in total. The molecule has 0 aliphatic carbocycles. The summed E-state index contributed by atoms with van der Waals surface area (Å²) in [5.74, 6) is 0. The van der Waals surface area contributed by atoms with Crippen LogP contribution in [0.1, 0.15) is 25.0 Å². The summed E-state index contributed by atoms with van der Waals surface area (Å²) in [6.45, 7) is 7.81. The molecular formula is C12H17N. The van der Waals surface area contributed by atoms with Crippen LogP contribution >= 0.6 is 0 Å². The van der Waals surface area contributed by atoms with E-state index in [1.54, 1.807) is 0 Å². The second-order valence-electron chi connectivity index (χ2n) is 4.11. The number of nitrogens with two attached hydrogens (primary N) is 1. The Hall–Kier alpha value is -1.08. The molecule has 0 spiro atoms. The maximum Gasteiger partial charge on any atom is 0.0138 e. The van der Waals surface area contributed by atoms with E-state index in [0.29, 0.717) is 0 Å². The fraction of sp³-hybridized carbons (Fsp3) is 0.333. The smallest absolute Gasteiger partial charge is 0.0138 e. The Labute approximate surface area is 80.3 Å². The zero-order valence-electron chi connectivity index (χ0n) is 8.38. The number of benzene rings is 1. The van der Waals surface area contributed by atoms with Crippen molar-refractivity contribution >= 4 is 6.08 Å². The van der Waals surface area contributed by atoms with Gasteiger partial charge in [0.15, 0.2) is 0 Å². The highest BCUT2D eigenvalue weighted by molar-refractivity contribution is 5.48. The third-order valence-electron chi connectivity index (χ3n) is 1.85. The Bertz CT molecular complexity index is 294. The van der Waals surface area contributed by atoms with Gasteiger partial charge < -0.3 is 5.73 Å². The summed E-state index contributed by atoms with van der Waals surface area (Å²) in [5, 5.41) is 0. The van der Waals surface area contributed by atoms with Gasteiger partial charge in [-0.25, -0.2) is 0 Å². The molecule has 1 rings (SSSR count). The summed E-state index contributed by atoms with van der Waals surface area (Å²) < 4.78 is 0. The molecule has 0 aliphatic heterocycles. The molecule has 0 saturated carbocycles. The molecule has 0 fully saturated rings. The third kappa shape index (κ3) is 3.43. The van der Waals surface area contributed by atoms with Crippen LogP contribution in [0.15, 0.2) is 30.8 Å². The van der Waals surface area contributed by atoms with Crippen LogP contribution in [-0.4, -0.2) is 5.54 Å². The van der Waals surface area contributed by atoms with Crippen molar-refractivity contribution < 1.29 is 0 Å². The molecule has 0 atom stereocenters. The predicted molar refractivity (Wildman–Crippen MR) is 58.5 cm³/mol. The highest BCUT2D eigenvalue weighted by atomic mass is 14.7. The van der Waals surface area contributed by atoms with E-state index >= 15 is 0 Å². The SMILES string of the molecule is C=Cc1cccc(CC(C)(C)N)c1. The molecule has 13 heavy (non-hydrogen) atoms. The molecule has 0 aliphatic rings. The van der Waals surface area contributed by atoms with Crippen molar-refractivity contribution in [3.63, 3.8) is 0 Å². The molecule has 70 valence electrons. The second-order valence-corrected chi connectivity index (χ2v) is 4.11. The first-order valence-corrected chi connectivity index (χ1v) is 4.51. The van der Waals surface area contributed by atoms with Crippen LogP contribution in [0, 0.1) is 0 Å². The summed E-state index contributed by atoms with van der Waals surface area (Å²) >= 11 is 0. The van der Waals surface area contributed by atoms with Crippen LogP contribution in [0.5, 0.6) is 0 Å². The van der Waals surface area contributed by atoms with Gasteiger partial charge in [-0.3, -0.25) is 0 Å². The number of hydrogen-bond donors (Lipinski definition) is 1. The second kappa shape index (κ2) is 3.75. The van der Waals surface area contributed by atoms with Crippen LogP contribution in [0.2, 0.25) is 0 Å². The first-order valence-electron chi connectivity index (χ1n) is 4.51. The van der Waals surface area contributed by atoms with Crippen molar-refractivity contribution in [3.8, 4) is 0 Å². The van der Waals surface area contributed by atoms with E-state index in [1.807, 2.05) is 32.1 Å². The lowest BCUT2D eigenvalue weighted by Gasteiger charge is -2.18. The number of hydrogen-bond acceptors (Lipinski definition) is 1. The van der Waals surface area contributed by atoms with Gasteiger partial charge in [0, 0.05) is 5.54 Å². The average Bonchev–Trinajstić information content (AvgIpc) is 2.01. The van der Waals surface area contributed by atoms with E-state index in [9.17, 15) is 0 Å². The first kappa shape index (κ1) is 10.0. The molecule has 1 aromatic rings. The van der Waals surface area contributed by atoms with Crippen LogP contribution < -0.4 is 5.73 Å². The van der Waals surface area contributed by atoms with E-state index < -0.39 is 0 Å². The lowest BCUT2D eigenvalue weighted by atomic mass is 9.95. The van der Waals surface area contributed by atoms with E-state index in [4.69, 9.17) is 5.73 Å². The van der Waals surface area contributed by atoms with Gasteiger partial charge in [0.2, 0.25) is 0 Å². The van der Waals surface area contributed by atoms with Crippen LogP contribution in [0.25, 0.3) is 6.08 Å². The van der Waals surface area contributed by atoms with Crippen molar-refractivity contribution in [1.29, 1.82) is 0 Å². The molecule has 0 amide bonds. The topological polar surface area (TPSA) is 26.0 Å². The summed E-state index contributed by atoms with van der Waals surface area (Å²) in [6, 6.07) is 8.31. The van der Waals surface area contributed by atoms with Crippen molar-refractivity contribution in [1.82, 2.24) is 0 Å². The molecule has 0 heterocycles. The van der Waals surface area contributed by atoms with Gasteiger partial charge in [-0.2, -0.15) is 0 Å². The Balaban J connectivity index is 2.84. The molecule has 1 aromatic carbocycles. The molecule has 0 saturated heterocycles. The maximum atomic E-state index is 5.93. The van der Waals surface area contributed by atoms with Crippen molar-refractivity contribution in [2.24, 2.45) is 5.73 Å². The maximum absolute atomic E-state index is 5.93. The normalized spacial score (nSPS) is 11.3. The fourth-order valence-electron chi connectivity index (χ4n) is 1.36. The van der Waals surface area contributed by atoms with Crippen molar-refractivity contribution in [2.45, 2.75) is 25.8 Å². The van der Waals surface area contributed by atoms with Gasteiger partial charge in [-0.05, 0) is 31.4 Å². The summed E-state index contributed by atoms with van der Waals surface area (Å²) in [7, 11) is 0. The molecule has 0 aromatic heterocycles. The first-order chi connectivity index (χ1) is 6.01. The third-order valence-corrected chi connectivity index (χ3v) is 1.85. The van der Waals surface area contributed by atoms with Gasteiger partial charge in [-0.1, -0.05) is 36.9 Å². The Kier molecular flexibility index (Phi) is 2.89. The summed E-state index contributed by atoms with van der Waals surface area (Å²) in [6.07, 6.45) is 2.75. The summed E-state index contributed by atoms with van der Waals surface area (Å²) in [4.78, 5) is 0. The largest absolute Gasteiger partial charge is 0.325 e. The summed E-state index contributed by atoms with van der Waals surface area (Å²) in [5.41, 5.74) is 8.22. The highest BCUT2D eigenvalue weighted by Crippen LogP contribution is 2.12. The average molecular weight is 175 g/mol. The van der Waals surface area contributed by atoms with Gasteiger partial charge in [0.25, 0.3) is 0 Å². The zero-order valence-corrected chi connectivity index (χ0v) is 8.38. The van der Waals surface area contributed by atoms with Crippen LogP contribution in [0.3, 0.4) is 0 Å². The highest BCUT2D eigenvalue weighted by Gasteiger charge is 2.10. The van der Waals surface area contributed by atoms with E-state index in [0.717, 1.165) is 12.0 Å². The minimum Gasteiger partial charge on any atom is -0.325 e. The van der Waals surface area contributed by atoms with Crippen LogP contribution in [-0.2, 0) is 6.42 Å². The van der Waals surface area contributed by atoms with E-state index in [2.05, 4.69) is 18.7 Å². The molecule has 1 nitrogen and oxygen atoms in total. The minimum atomic E-state index is -0.139. The van der Waals surface area contributed by atoms with E-state index in [1.165, 1.54) is 5.56 Å². The van der Waals surface area contributed by atoms with Crippen molar-refractivity contribution in [2.75, 3.05) is 0 Å². The predicted octanol–water partition coefficient (Wildman–Crippen LogP) is 2.61. The van der Waals surface area contributed by atoms with E-state index in [-0.39, 0.29) is 5.54 Å². The zero-order chi connectivity index (χ0) is 9.90. The quantitative estimate of drug-likeness (QED) is 0.750. The standard InChI is InChI=1S/C12H17N/c1-4-10-6-5-7-11(8-10)9-12(2,3)13/h4-8H,1,9,13H2,2-3H3. The Morgan fingerprint density at radius 2 is 2.15 bits per heavy atom. The fourth-order valence-corrected chi connectivity index (χ4v) is 1.36. The molecule has 0 unspecified atom stereocenters. The van der Waals surface area contributed by atoms with Gasteiger partial charge in [-0.15, -0.1) is 0 Å². The molecule has 0 bridgehead atoms. The lowest BCUT2D eigenvalue weighted by molar-refractivity contribution is 0.517. The Morgan fingerprint density at radius 1 is 1.46 bits per heavy atom. The van der Waals surface area contributed by atoms with Gasteiger partial charge >= 0.3 is 0 Å². The minimum absolute atomic E-state index is 0.139. The van der Waals surface area contributed by atoms with Crippen molar-refractivity contribution in [3.05, 3.63) is 42.0 Å². The monoisotopic (exact) mass is 175 g/mol. The molecular weight excluding hydrogens is 158 g/mol. The van der Waals surface area contributed by atoms with Gasteiger partial charge in [0.05, 0.1) is 0 Å². The number of rotatable bonds is 3. The van der Waals surface area contributed by atoms with Gasteiger partial charge in [0.1, 0.15) is 0 Å². The molecule has 1 heteroatoms. The van der Waals surface area contributed by atoms with Crippen LogP contribution in [0.4, 0.5) is 0 Å². The molecule has 0 radical (unpaired) electrons. The lowest BCUT2D eigenvalue weighted by Crippen LogP contribution is -2.34.